The molecule has 1 N–H and O–H groups in total. The Morgan fingerprint density at radius 2 is 1.89 bits per heavy atom. The smallest absolute Gasteiger partial charge is 0.0595 e. The molecule has 1 aromatic carbocycles. The van der Waals surface area contributed by atoms with Gasteiger partial charge < -0.3 is 5.32 Å². The van der Waals surface area contributed by atoms with Gasteiger partial charge in [0.25, 0.3) is 0 Å². The van der Waals surface area contributed by atoms with Crippen molar-refractivity contribution in [2.75, 3.05) is 18.1 Å². The predicted molar refractivity (Wildman–Crippen MR) is 85.0 cm³/mol. The monoisotopic (exact) mass is 305 g/mol. The van der Waals surface area contributed by atoms with Crippen LogP contribution in [-0.4, -0.2) is 18.1 Å². The summed E-state index contributed by atoms with van der Waals surface area (Å²) in [5.41, 5.74) is 1.21. The van der Waals surface area contributed by atoms with Gasteiger partial charge in [0, 0.05) is 11.8 Å². The Bertz CT molecular complexity index is 369. The van der Waals surface area contributed by atoms with Crippen LogP contribution in [0.4, 0.5) is 0 Å². The molecule has 0 aliphatic rings. The van der Waals surface area contributed by atoms with Gasteiger partial charge in [-0.05, 0) is 35.9 Å². The summed E-state index contributed by atoms with van der Waals surface area (Å²) in [6, 6.07) is 6.23. The van der Waals surface area contributed by atoms with E-state index in [1.807, 2.05) is 23.9 Å². The lowest BCUT2D eigenvalue weighted by molar-refractivity contribution is 0.605. The number of hydrogen-bond donors (Lipinski definition) is 1. The van der Waals surface area contributed by atoms with Crippen molar-refractivity contribution in [2.45, 2.75) is 26.8 Å². The molecule has 1 nitrogen and oxygen atoms in total. The van der Waals surface area contributed by atoms with Crippen molar-refractivity contribution >= 4 is 35.0 Å². The van der Waals surface area contributed by atoms with Crippen LogP contribution in [-0.2, 0) is 0 Å². The molecule has 0 aliphatic carbocycles. The highest BCUT2D eigenvalue weighted by Gasteiger charge is 2.12. The number of benzene rings is 1. The van der Waals surface area contributed by atoms with E-state index in [2.05, 4.69) is 32.2 Å². The topological polar surface area (TPSA) is 12.0 Å². The normalized spacial score (nSPS) is 13.0. The third-order valence-corrected chi connectivity index (χ3v) is 4.74. The van der Waals surface area contributed by atoms with Crippen LogP contribution < -0.4 is 5.32 Å². The van der Waals surface area contributed by atoms with Crippen LogP contribution in [0.2, 0.25) is 10.0 Å². The quantitative estimate of drug-likeness (QED) is 0.758. The summed E-state index contributed by atoms with van der Waals surface area (Å²) in [6.45, 7) is 7.56. The van der Waals surface area contributed by atoms with Crippen LogP contribution in [0.3, 0.4) is 0 Å². The first kappa shape index (κ1) is 16.2. The fraction of sp³-hybridized carbons (Fsp3) is 0.571. The molecule has 1 aromatic rings. The van der Waals surface area contributed by atoms with E-state index in [1.54, 1.807) is 0 Å². The van der Waals surface area contributed by atoms with Gasteiger partial charge in [-0.1, -0.05) is 50.0 Å². The summed E-state index contributed by atoms with van der Waals surface area (Å²) in [4.78, 5) is 0. The molecule has 0 bridgehead atoms. The fourth-order valence-corrected chi connectivity index (χ4v) is 3.13. The van der Waals surface area contributed by atoms with Gasteiger partial charge in [0.1, 0.15) is 0 Å². The van der Waals surface area contributed by atoms with Crippen molar-refractivity contribution in [3.63, 3.8) is 0 Å². The zero-order valence-corrected chi connectivity index (χ0v) is 13.5. The molecule has 0 radical (unpaired) electrons. The molecule has 0 amide bonds. The van der Waals surface area contributed by atoms with Crippen LogP contribution in [0.5, 0.6) is 0 Å². The van der Waals surface area contributed by atoms with Gasteiger partial charge in [-0.25, -0.2) is 0 Å². The number of rotatable bonds is 7. The molecular formula is C14H21Cl2NS. The van der Waals surface area contributed by atoms with E-state index in [1.165, 1.54) is 11.3 Å². The van der Waals surface area contributed by atoms with Crippen molar-refractivity contribution in [2.24, 2.45) is 5.92 Å². The van der Waals surface area contributed by atoms with E-state index in [0.717, 1.165) is 18.2 Å². The summed E-state index contributed by atoms with van der Waals surface area (Å²) < 4.78 is 0. The maximum atomic E-state index is 6.08. The minimum absolute atomic E-state index is 0.341. The molecule has 0 aromatic heterocycles. The first-order chi connectivity index (χ1) is 8.54. The highest BCUT2D eigenvalue weighted by Crippen LogP contribution is 2.27. The van der Waals surface area contributed by atoms with E-state index >= 15 is 0 Å². The Hall–Kier alpha value is 0.110. The molecule has 18 heavy (non-hydrogen) atoms. The molecule has 1 unspecified atom stereocenters. The molecule has 0 aliphatic heterocycles. The van der Waals surface area contributed by atoms with Crippen LogP contribution >= 0.6 is 35.0 Å². The maximum absolute atomic E-state index is 6.08. The van der Waals surface area contributed by atoms with Crippen LogP contribution in [0.25, 0.3) is 0 Å². The highest BCUT2D eigenvalue weighted by molar-refractivity contribution is 7.99. The van der Waals surface area contributed by atoms with Crippen molar-refractivity contribution in [1.29, 1.82) is 0 Å². The summed E-state index contributed by atoms with van der Waals surface area (Å²) in [5, 5.41) is 4.74. The molecule has 0 saturated carbocycles. The Kier molecular flexibility index (Phi) is 7.47. The standard InChI is InChI=1S/C14H21Cl2NS/c1-4-17-14(9-18-8-10(2)3)11-5-6-12(15)13(16)7-11/h5-7,10,14,17H,4,8-9H2,1-3H3. The second-order valence-corrected chi connectivity index (χ2v) is 6.60. The zero-order valence-electron chi connectivity index (χ0n) is 11.2. The van der Waals surface area contributed by atoms with E-state index in [0.29, 0.717) is 16.1 Å². The SMILES string of the molecule is CCNC(CSCC(C)C)c1ccc(Cl)c(Cl)c1. The fourth-order valence-electron chi connectivity index (χ4n) is 1.67. The van der Waals surface area contributed by atoms with Crippen molar-refractivity contribution in [3.8, 4) is 0 Å². The zero-order chi connectivity index (χ0) is 13.5. The van der Waals surface area contributed by atoms with E-state index in [9.17, 15) is 0 Å². The van der Waals surface area contributed by atoms with Crippen molar-refractivity contribution < 1.29 is 0 Å². The maximum Gasteiger partial charge on any atom is 0.0595 e. The molecule has 4 heteroatoms. The summed E-state index contributed by atoms with van der Waals surface area (Å²) >= 11 is 14.0. The molecule has 102 valence electrons. The van der Waals surface area contributed by atoms with Crippen molar-refractivity contribution in [3.05, 3.63) is 33.8 Å². The van der Waals surface area contributed by atoms with E-state index in [4.69, 9.17) is 23.2 Å². The molecule has 1 rings (SSSR count). The number of thioether (sulfide) groups is 1. The predicted octanol–water partition coefficient (Wildman–Crippen LogP) is 5.03. The number of halogens is 2. The third-order valence-electron chi connectivity index (χ3n) is 2.53. The minimum Gasteiger partial charge on any atom is -0.310 e. The van der Waals surface area contributed by atoms with E-state index in [-0.39, 0.29) is 0 Å². The first-order valence-corrected chi connectivity index (χ1v) is 8.21. The van der Waals surface area contributed by atoms with Crippen LogP contribution in [0, 0.1) is 5.92 Å². The number of hydrogen-bond acceptors (Lipinski definition) is 2. The van der Waals surface area contributed by atoms with Crippen LogP contribution in [0.1, 0.15) is 32.4 Å². The largest absolute Gasteiger partial charge is 0.310 e. The van der Waals surface area contributed by atoms with Gasteiger partial charge in [0.2, 0.25) is 0 Å². The second kappa shape index (κ2) is 8.31. The average molecular weight is 306 g/mol. The summed E-state index contributed by atoms with van der Waals surface area (Å²) in [5.74, 6) is 2.97. The second-order valence-electron chi connectivity index (χ2n) is 4.72. The Morgan fingerprint density at radius 1 is 1.17 bits per heavy atom. The lowest BCUT2D eigenvalue weighted by atomic mass is 10.1. The molecule has 0 fully saturated rings. The van der Waals surface area contributed by atoms with Crippen molar-refractivity contribution in [1.82, 2.24) is 5.32 Å². The van der Waals surface area contributed by atoms with E-state index < -0.39 is 0 Å². The first-order valence-electron chi connectivity index (χ1n) is 6.30. The number of nitrogens with one attached hydrogen (secondary N) is 1. The lowest BCUT2D eigenvalue weighted by Crippen LogP contribution is -2.23. The molecular weight excluding hydrogens is 285 g/mol. The van der Waals surface area contributed by atoms with Gasteiger partial charge in [0.05, 0.1) is 10.0 Å². The molecule has 0 spiro atoms. The summed E-state index contributed by atoms with van der Waals surface area (Å²) in [6.07, 6.45) is 0. The Morgan fingerprint density at radius 3 is 2.44 bits per heavy atom. The minimum atomic E-state index is 0.341. The Balaban J connectivity index is 2.67. The average Bonchev–Trinajstić information content (AvgIpc) is 2.31. The third kappa shape index (κ3) is 5.40. The lowest BCUT2D eigenvalue weighted by Gasteiger charge is -2.19. The van der Waals surface area contributed by atoms with Gasteiger partial charge in [-0.15, -0.1) is 0 Å². The summed E-state index contributed by atoms with van der Waals surface area (Å²) in [7, 11) is 0. The highest BCUT2D eigenvalue weighted by atomic mass is 35.5. The Labute approximate surface area is 125 Å². The van der Waals surface area contributed by atoms with Gasteiger partial charge in [-0.2, -0.15) is 11.8 Å². The molecule has 0 saturated heterocycles. The van der Waals surface area contributed by atoms with Gasteiger partial charge in [-0.3, -0.25) is 0 Å². The molecule has 0 heterocycles. The molecule has 1 atom stereocenters. The van der Waals surface area contributed by atoms with Gasteiger partial charge >= 0.3 is 0 Å². The van der Waals surface area contributed by atoms with Gasteiger partial charge in [0.15, 0.2) is 0 Å². The van der Waals surface area contributed by atoms with Crippen LogP contribution in [0.15, 0.2) is 18.2 Å².